The standard InChI is InChI=1S/C41H49N7O4.C5H10O2/c1-41(2,43-3)40(51)45-35(22-25-52-28-30-14-7-4-8-15-30)38(49)46-36-27-48(29-44-36)37(33-18-11-6-12-19-33)39(50)47-23-13-20-32(21-24-47)34(26-42)31-16-9-5-10-17-31;1-5(2,3)7-4-6/h4-12,14-19,27,29,32,34-35,37,43H,13,20-25,28H2,1-3H3,(H,45,51)(H,46,49);4H,1-3H3. The summed E-state index contributed by atoms with van der Waals surface area (Å²) in [6, 6.07) is 30.0. The highest BCUT2D eigenvalue weighted by atomic mass is 16.5. The summed E-state index contributed by atoms with van der Waals surface area (Å²) in [5.74, 6) is -0.680. The number of likely N-dealkylation sites (N-methyl/N-ethyl adjacent to an activating group) is 1. The Bertz CT molecular complexity index is 1960. The Morgan fingerprint density at radius 2 is 1.54 bits per heavy atom. The van der Waals surface area contributed by atoms with Crippen LogP contribution in [0.5, 0.6) is 0 Å². The van der Waals surface area contributed by atoms with Crippen molar-refractivity contribution in [3.8, 4) is 6.07 Å². The van der Waals surface area contributed by atoms with Crippen molar-refractivity contribution in [2.24, 2.45) is 5.92 Å². The highest BCUT2D eigenvalue weighted by Gasteiger charge is 2.33. The molecule has 0 bridgehead atoms. The number of benzene rings is 3. The van der Waals surface area contributed by atoms with Crippen LogP contribution in [0.25, 0.3) is 0 Å². The van der Waals surface area contributed by atoms with Gasteiger partial charge in [0.15, 0.2) is 5.82 Å². The van der Waals surface area contributed by atoms with Gasteiger partial charge in [0.2, 0.25) is 17.7 Å². The van der Waals surface area contributed by atoms with Gasteiger partial charge in [-0.25, -0.2) is 4.98 Å². The molecule has 1 aliphatic rings. The van der Waals surface area contributed by atoms with Gasteiger partial charge in [0, 0.05) is 25.9 Å². The Kier molecular flexibility index (Phi) is 17.4. The number of anilines is 1. The third-order valence-corrected chi connectivity index (χ3v) is 10.2. The van der Waals surface area contributed by atoms with Crippen LogP contribution < -0.4 is 16.0 Å². The SMILES string of the molecule is CC(C)(C)OC=O.CNC(C)(C)C(=O)NC(CCOCc1ccccc1)C(=O)Nc1cn(C(C(=O)N2CCCC(C(C#N)c3ccccc3)CC2)c2ccccc2)cn1. The number of aromatic nitrogens is 2. The van der Waals surface area contributed by atoms with Crippen molar-refractivity contribution in [2.45, 2.75) is 96.1 Å². The number of rotatable bonds is 16. The molecule has 1 aliphatic heterocycles. The van der Waals surface area contributed by atoms with Crippen LogP contribution >= 0.6 is 0 Å². The van der Waals surface area contributed by atoms with E-state index in [-0.39, 0.29) is 48.1 Å². The van der Waals surface area contributed by atoms with E-state index in [1.54, 1.807) is 38.0 Å². The van der Waals surface area contributed by atoms with E-state index < -0.39 is 23.5 Å². The maximum atomic E-state index is 14.4. The molecule has 314 valence electrons. The number of nitrogens with one attached hydrogen (secondary N) is 3. The second-order valence-corrected chi connectivity index (χ2v) is 16.1. The first-order chi connectivity index (χ1) is 28.3. The quantitative estimate of drug-likeness (QED) is 0.0859. The zero-order valence-corrected chi connectivity index (χ0v) is 35.1. The molecule has 0 radical (unpaired) electrons. The summed E-state index contributed by atoms with van der Waals surface area (Å²) in [7, 11) is 1.69. The van der Waals surface area contributed by atoms with Gasteiger partial charge >= 0.3 is 0 Å². The first kappa shape index (κ1) is 45.9. The van der Waals surface area contributed by atoms with Crippen LogP contribution in [0.3, 0.4) is 0 Å². The summed E-state index contributed by atoms with van der Waals surface area (Å²) >= 11 is 0. The normalized spacial score (nSPS) is 15.8. The lowest BCUT2D eigenvalue weighted by atomic mass is 9.82. The summed E-state index contributed by atoms with van der Waals surface area (Å²) in [4.78, 5) is 57.1. The number of ether oxygens (including phenoxy) is 2. The molecular formula is C46H59N7O6. The number of nitriles is 1. The van der Waals surface area contributed by atoms with Gasteiger partial charge in [0.05, 0.1) is 30.5 Å². The molecular weight excluding hydrogens is 747 g/mol. The Hall–Kier alpha value is -5.84. The third kappa shape index (κ3) is 14.2. The minimum Gasteiger partial charge on any atom is -0.462 e. The van der Waals surface area contributed by atoms with E-state index in [9.17, 15) is 24.4 Å². The van der Waals surface area contributed by atoms with Crippen LogP contribution in [0.4, 0.5) is 5.82 Å². The molecule has 1 aromatic heterocycles. The lowest BCUT2D eigenvalue weighted by Crippen LogP contribution is -2.56. The van der Waals surface area contributed by atoms with E-state index in [1.165, 1.54) is 0 Å². The van der Waals surface area contributed by atoms with Crippen molar-refractivity contribution in [1.82, 2.24) is 25.1 Å². The van der Waals surface area contributed by atoms with Crippen molar-refractivity contribution < 1.29 is 28.7 Å². The minimum absolute atomic E-state index is 0.0784. The van der Waals surface area contributed by atoms with E-state index in [0.29, 0.717) is 26.2 Å². The van der Waals surface area contributed by atoms with Crippen molar-refractivity contribution in [1.29, 1.82) is 5.26 Å². The molecule has 13 nitrogen and oxygen atoms in total. The number of carbonyl (C=O) groups is 4. The number of amides is 3. The van der Waals surface area contributed by atoms with Crippen molar-refractivity contribution in [3.05, 3.63) is 120 Å². The summed E-state index contributed by atoms with van der Waals surface area (Å²) in [5, 5.41) is 18.8. The summed E-state index contributed by atoms with van der Waals surface area (Å²) in [6.07, 6.45) is 5.81. The Balaban J connectivity index is 0.00000101. The molecule has 4 atom stereocenters. The largest absolute Gasteiger partial charge is 0.462 e. The molecule has 1 saturated heterocycles. The molecule has 0 spiro atoms. The molecule has 0 saturated carbocycles. The summed E-state index contributed by atoms with van der Waals surface area (Å²) in [5.41, 5.74) is 1.59. The van der Waals surface area contributed by atoms with E-state index in [2.05, 4.69) is 31.7 Å². The second kappa shape index (κ2) is 22.3. The molecule has 3 amide bonds. The van der Waals surface area contributed by atoms with Crippen LogP contribution in [0.1, 0.15) is 89.0 Å². The second-order valence-electron chi connectivity index (χ2n) is 16.1. The molecule has 2 heterocycles. The highest BCUT2D eigenvalue weighted by molar-refractivity contribution is 5.98. The average Bonchev–Trinajstić information content (AvgIpc) is 3.54. The number of nitrogens with zero attached hydrogens (tertiary/aromatic N) is 4. The van der Waals surface area contributed by atoms with Crippen LogP contribution in [0, 0.1) is 17.2 Å². The molecule has 13 heteroatoms. The molecule has 4 aromatic rings. The van der Waals surface area contributed by atoms with E-state index >= 15 is 0 Å². The Morgan fingerprint density at radius 3 is 2.12 bits per heavy atom. The van der Waals surface area contributed by atoms with Crippen molar-refractivity contribution in [2.75, 3.05) is 32.1 Å². The zero-order chi connectivity index (χ0) is 42.8. The fourth-order valence-corrected chi connectivity index (χ4v) is 6.63. The summed E-state index contributed by atoms with van der Waals surface area (Å²) < 4.78 is 12.1. The van der Waals surface area contributed by atoms with Crippen LogP contribution in [-0.4, -0.2) is 82.6 Å². The van der Waals surface area contributed by atoms with Crippen LogP contribution in [0.15, 0.2) is 104 Å². The number of likely N-dealkylation sites (tertiary alicyclic amines) is 1. The van der Waals surface area contributed by atoms with E-state index in [4.69, 9.17) is 4.74 Å². The Labute approximate surface area is 348 Å². The third-order valence-electron chi connectivity index (χ3n) is 10.2. The number of hydrogen-bond donors (Lipinski definition) is 3. The minimum atomic E-state index is -0.904. The fraction of sp³-hybridized carbons (Fsp3) is 0.435. The number of carbonyl (C=O) groups excluding carboxylic acids is 4. The zero-order valence-electron chi connectivity index (χ0n) is 35.1. The molecule has 59 heavy (non-hydrogen) atoms. The maximum Gasteiger partial charge on any atom is 0.293 e. The fourth-order valence-electron chi connectivity index (χ4n) is 6.63. The van der Waals surface area contributed by atoms with Gasteiger partial charge in [-0.15, -0.1) is 0 Å². The average molecular weight is 806 g/mol. The van der Waals surface area contributed by atoms with Gasteiger partial charge < -0.3 is 34.9 Å². The molecule has 0 aliphatic carbocycles. The Morgan fingerprint density at radius 1 is 0.915 bits per heavy atom. The monoisotopic (exact) mass is 805 g/mol. The van der Waals surface area contributed by atoms with Gasteiger partial charge in [0.1, 0.15) is 17.7 Å². The lowest BCUT2D eigenvalue weighted by Gasteiger charge is -2.27. The first-order valence-corrected chi connectivity index (χ1v) is 20.1. The van der Waals surface area contributed by atoms with E-state index in [1.807, 2.05) is 117 Å². The van der Waals surface area contributed by atoms with E-state index in [0.717, 1.165) is 36.0 Å². The van der Waals surface area contributed by atoms with Crippen molar-refractivity contribution >= 4 is 30.0 Å². The van der Waals surface area contributed by atoms with Gasteiger partial charge in [0.25, 0.3) is 6.47 Å². The number of hydrogen-bond acceptors (Lipinski definition) is 9. The van der Waals surface area contributed by atoms with Gasteiger partial charge in [-0.3, -0.25) is 19.2 Å². The van der Waals surface area contributed by atoms with Crippen LogP contribution in [0.2, 0.25) is 0 Å². The lowest BCUT2D eigenvalue weighted by molar-refractivity contribution is -0.138. The molecule has 3 aromatic carbocycles. The highest BCUT2D eigenvalue weighted by Crippen LogP contribution is 2.33. The predicted octanol–water partition coefficient (Wildman–Crippen LogP) is 6.39. The van der Waals surface area contributed by atoms with Gasteiger partial charge in [-0.1, -0.05) is 91.0 Å². The van der Waals surface area contributed by atoms with Gasteiger partial charge in [-0.05, 0) is 90.0 Å². The maximum absolute atomic E-state index is 14.4. The van der Waals surface area contributed by atoms with Gasteiger partial charge in [-0.2, -0.15) is 5.26 Å². The topological polar surface area (TPSA) is 168 Å². The summed E-state index contributed by atoms with van der Waals surface area (Å²) in [6.45, 7) is 11.1. The van der Waals surface area contributed by atoms with Crippen molar-refractivity contribution in [3.63, 3.8) is 0 Å². The van der Waals surface area contributed by atoms with Crippen LogP contribution in [-0.2, 0) is 35.3 Å². The predicted molar refractivity (Wildman–Crippen MR) is 227 cm³/mol. The number of imidazole rings is 1. The molecule has 5 rings (SSSR count). The smallest absolute Gasteiger partial charge is 0.293 e. The molecule has 4 unspecified atom stereocenters. The first-order valence-electron chi connectivity index (χ1n) is 20.1. The molecule has 1 fully saturated rings. The molecule has 3 N–H and O–H groups in total.